The molecule has 1 unspecified atom stereocenters. The van der Waals surface area contributed by atoms with E-state index < -0.39 is 5.97 Å². The number of carbonyl (C=O) groups excluding carboxylic acids is 1. The number of carboxylic acids is 1. The average Bonchev–Trinajstić information content (AvgIpc) is 2.64. The third-order valence-electron chi connectivity index (χ3n) is 2.17. The first-order valence-electron chi connectivity index (χ1n) is 5.39. The first-order valence-corrected chi connectivity index (χ1v) is 5.39. The van der Waals surface area contributed by atoms with E-state index in [-0.39, 0.29) is 24.8 Å². The maximum Gasteiger partial charge on any atom is 0.303 e. The summed E-state index contributed by atoms with van der Waals surface area (Å²) < 4.78 is 0. The number of hydrogen-bond donors (Lipinski definition) is 3. The van der Waals surface area contributed by atoms with Gasteiger partial charge in [0.2, 0.25) is 5.91 Å². The van der Waals surface area contributed by atoms with E-state index in [9.17, 15) is 9.59 Å². The van der Waals surface area contributed by atoms with Crippen LogP contribution in [0.5, 0.6) is 0 Å². The van der Waals surface area contributed by atoms with Crippen molar-refractivity contribution in [1.29, 1.82) is 0 Å². The third kappa shape index (κ3) is 4.62. The van der Waals surface area contributed by atoms with Gasteiger partial charge in [-0.3, -0.25) is 14.7 Å². The third-order valence-corrected chi connectivity index (χ3v) is 2.17. The van der Waals surface area contributed by atoms with Crippen molar-refractivity contribution in [2.75, 3.05) is 0 Å². The summed E-state index contributed by atoms with van der Waals surface area (Å²) in [6.45, 7) is 3.55. The molecule has 94 valence electrons. The number of H-pyrrole nitrogens is 1. The summed E-state index contributed by atoms with van der Waals surface area (Å²) >= 11 is 0. The standard InChI is InChI=1S/C10H16N4O3/c1-6(10-12-7(2)13-14-10)11-8(15)4-3-5-9(16)17/h6H,3-5H2,1-2H3,(H,11,15)(H,16,17)(H,12,13,14). The van der Waals surface area contributed by atoms with Crippen LogP contribution >= 0.6 is 0 Å². The summed E-state index contributed by atoms with van der Waals surface area (Å²) in [5.74, 6) is 0.123. The van der Waals surface area contributed by atoms with Gasteiger partial charge in [0.15, 0.2) is 5.82 Å². The Hall–Kier alpha value is -1.92. The van der Waals surface area contributed by atoms with E-state index in [0.717, 1.165) is 0 Å². The molecule has 1 rings (SSSR count). The zero-order valence-corrected chi connectivity index (χ0v) is 9.86. The van der Waals surface area contributed by atoms with Crippen molar-refractivity contribution in [1.82, 2.24) is 20.5 Å². The summed E-state index contributed by atoms with van der Waals surface area (Å²) in [5, 5.41) is 17.8. The fraction of sp³-hybridized carbons (Fsp3) is 0.600. The second-order valence-electron chi connectivity index (χ2n) is 3.82. The minimum atomic E-state index is -0.893. The lowest BCUT2D eigenvalue weighted by Crippen LogP contribution is -2.27. The number of aromatic amines is 1. The maximum absolute atomic E-state index is 11.4. The van der Waals surface area contributed by atoms with Gasteiger partial charge in [0, 0.05) is 12.8 Å². The molecule has 1 heterocycles. The molecule has 1 amide bonds. The number of carbonyl (C=O) groups is 2. The van der Waals surface area contributed by atoms with Crippen LogP contribution in [0, 0.1) is 6.92 Å². The lowest BCUT2D eigenvalue weighted by atomic mass is 10.2. The van der Waals surface area contributed by atoms with Crippen LogP contribution in [0.2, 0.25) is 0 Å². The quantitative estimate of drug-likeness (QED) is 0.672. The number of carboxylic acid groups (broad SMARTS) is 1. The highest BCUT2D eigenvalue weighted by Gasteiger charge is 2.13. The van der Waals surface area contributed by atoms with Crippen LogP contribution in [-0.4, -0.2) is 32.2 Å². The van der Waals surface area contributed by atoms with Crippen LogP contribution in [0.3, 0.4) is 0 Å². The number of aliphatic carboxylic acids is 1. The van der Waals surface area contributed by atoms with Crippen LogP contribution in [-0.2, 0) is 9.59 Å². The minimum Gasteiger partial charge on any atom is -0.481 e. The van der Waals surface area contributed by atoms with Gasteiger partial charge >= 0.3 is 5.97 Å². The Morgan fingerprint density at radius 1 is 1.47 bits per heavy atom. The zero-order valence-electron chi connectivity index (χ0n) is 9.86. The summed E-state index contributed by atoms with van der Waals surface area (Å²) in [6, 6.07) is -0.280. The number of nitrogens with zero attached hydrogens (tertiary/aromatic N) is 2. The molecule has 0 spiro atoms. The second kappa shape index (κ2) is 5.97. The van der Waals surface area contributed by atoms with Gasteiger partial charge in [-0.05, 0) is 20.3 Å². The van der Waals surface area contributed by atoms with Crippen LogP contribution in [0.4, 0.5) is 0 Å². The lowest BCUT2D eigenvalue weighted by molar-refractivity contribution is -0.137. The molecule has 1 aromatic rings. The summed E-state index contributed by atoms with van der Waals surface area (Å²) in [5.41, 5.74) is 0. The molecule has 0 radical (unpaired) electrons. The lowest BCUT2D eigenvalue weighted by Gasteiger charge is -2.09. The zero-order chi connectivity index (χ0) is 12.8. The molecule has 0 aliphatic carbocycles. The first kappa shape index (κ1) is 13.1. The number of nitrogens with one attached hydrogen (secondary N) is 2. The maximum atomic E-state index is 11.4. The van der Waals surface area contributed by atoms with Crippen molar-refractivity contribution in [3.63, 3.8) is 0 Å². The Bertz CT molecular complexity index is 402. The molecule has 7 nitrogen and oxygen atoms in total. The fourth-order valence-electron chi connectivity index (χ4n) is 1.33. The van der Waals surface area contributed by atoms with E-state index >= 15 is 0 Å². The van der Waals surface area contributed by atoms with Gasteiger partial charge in [-0.1, -0.05) is 0 Å². The Labute approximate surface area is 98.6 Å². The molecule has 0 fully saturated rings. The largest absolute Gasteiger partial charge is 0.481 e. The van der Waals surface area contributed by atoms with Crippen LogP contribution in [0.1, 0.15) is 43.9 Å². The highest BCUT2D eigenvalue weighted by atomic mass is 16.4. The second-order valence-corrected chi connectivity index (χ2v) is 3.82. The predicted molar refractivity (Wildman–Crippen MR) is 59.2 cm³/mol. The molecule has 1 atom stereocenters. The van der Waals surface area contributed by atoms with Crippen molar-refractivity contribution in [3.8, 4) is 0 Å². The van der Waals surface area contributed by atoms with Crippen LogP contribution < -0.4 is 5.32 Å². The smallest absolute Gasteiger partial charge is 0.303 e. The molecule has 0 aromatic carbocycles. The molecule has 0 saturated heterocycles. The van der Waals surface area contributed by atoms with Crippen molar-refractivity contribution in [2.24, 2.45) is 0 Å². The van der Waals surface area contributed by atoms with E-state index in [1.54, 1.807) is 13.8 Å². The van der Waals surface area contributed by atoms with E-state index in [4.69, 9.17) is 5.11 Å². The van der Waals surface area contributed by atoms with Crippen LogP contribution in [0.25, 0.3) is 0 Å². The first-order chi connectivity index (χ1) is 7.99. The predicted octanol–water partition coefficient (Wildman–Crippen LogP) is 0.545. The van der Waals surface area contributed by atoms with E-state index in [1.165, 1.54) is 0 Å². The molecule has 17 heavy (non-hydrogen) atoms. The van der Waals surface area contributed by atoms with Gasteiger partial charge in [-0.2, -0.15) is 5.10 Å². The molecule has 0 saturated carbocycles. The van der Waals surface area contributed by atoms with Crippen molar-refractivity contribution in [2.45, 2.75) is 39.2 Å². The van der Waals surface area contributed by atoms with Gasteiger partial charge in [-0.15, -0.1) is 0 Å². The average molecular weight is 240 g/mol. The number of aryl methyl sites for hydroxylation is 1. The highest BCUT2D eigenvalue weighted by molar-refractivity contribution is 5.77. The van der Waals surface area contributed by atoms with Gasteiger partial charge in [0.1, 0.15) is 5.82 Å². The van der Waals surface area contributed by atoms with E-state index in [0.29, 0.717) is 18.1 Å². The summed E-state index contributed by atoms with van der Waals surface area (Å²) in [4.78, 5) is 25.8. The summed E-state index contributed by atoms with van der Waals surface area (Å²) in [6.07, 6.45) is 0.530. The number of aromatic nitrogens is 3. The molecule has 3 N–H and O–H groups in total. The van der Waals surface area contributed by atoms with Crippen molar-refractivity contribution in [3.05, 3.63) is 11.6 Å². The fourth-order valence-corrected chi connectivity index (χ4v) is 1.33. The molecule has 1 aromatic heterocycles. The Kier molecular flexibility index (Phi) is 4.62. The SMILES string of the molecule is Cc1nc(C(C)NC(=O)CCCC(=O)O)n[nH]1. The van der Waals surface area contributed by atoms with E-state index in [2.05, 4.69) is 20.5 Å². The molecule has 0 bridgehead atoms. The molecule has 7 heteroatoms. The Morgan fingerprint density at radius 3 is 2.71 bits per heavy atom. The molecule has 0 aliphatic rings. The van der Waals surface area contributed by atoms with Crippen LogP contribution in [0.15, 0.2) is 0 Å². The Morgan fingerprint density at radius 2 is 2.18 bits per heavy atom. The van der Waals surface area contributed by atoms with Gasteiger partial charge < -0.3 is 10.4 Å². The highest BCUT2D eigenvalue weighted by Crippen LogP contribution is 2.06. The van der Waals surface area contributed by atoms with Gasteiger partial charge in [0.25, 0.3) is 0 Å². The van der Waals surface area contributed by atoms with E-state index in [1.807, 2.05) is 0 Å². The number of hydrogen-bond acceptors (Lipinski definition) is 4. The van der Waals surface area contributed by atoms with Gasteiger partial charge in [0.05, 0.1) is 6.04 Å². The molecular formula is C10H16N4O3. The number of amides is 1. The molecule has 0 aliphatic heterocycles. The van der Waals surface area contributed by atoms with Crippen molar-refractivity contribution >= 4 is 11.9 Å². The normalized spacial score (nSPS) is 12.1. The Balaban J connectivity index is 2.33. The topological polar surface area (TPSA) is 108 Å². The number of rotatable bonds is 6. The molecular weight excluding hydrogens is 224 g/mol. The monoisotopic (exact) mass is 240 g/mol. The summed E-state index contributed by atoms with van der Waals surface area (Å²) in [7, 11) is 0. The van der Waals surface area contributed by atoms with Gasteiger partial charge in [-0.25, -0.2) is 4.98 Å². The minimum absolute atomic E-state index is 0.00155. The van der Waals surface area contributed by atoms with Crippen molar-refractivity contribution < 1.29 is 14.7 Å².